The predicted octanol–water partition coefficient (Wildman–Crippen LogP) is 13.3. The maximum atomic E-state index is 14.7. The lowest BCUT2D eigenvalue weighted by Gasteiger charge is -2.39. The maximum Gasteiger partial charge on any atom is 0.289 e. The van der Waals surface area contributed by atoms with E-state index in [1.807, 2.05) is 114 Å². The van der Waals surface area contributed by atoms with Crippen LogP contribution >= 0.6 is 0 Å². The molecule has 11 aromatic rings. The molecular weight excluding hydrogens is 1880 g/mol. The summed E-state index contributed by atoms with van der Waals surface area (Å²) >= 11 is 0. The van der Waals surface area contributed by atoms with Gasteiger partial charge in [0.15, 0.2) is 0 Å². The Balaban J connectivity index is 0.000000140. The summed E-state index contributed by atoms with van der Waals surface area (Å²) < 4.78 is 106. The number of fused-ring (bicyclic) bond motifs is 4. The SMILES string of the molecule is CCCC(F)(F)c1cc2c(cn1)C(C)(C)CN2C(=O)CN1C[C@@H](C)NC[C@@H]1Cc1cc(C)nn1C.Cc1cc(C[C@H]2CN[C@H](C)CN2CC(=O)N2CC(C)(C)c3cnc(Cc4ccc(F)cc4F)cc32)n(C)n1.Cc1cc(C[C@H]2CN[C@H](C)CN2CC(=O)N2CC(C)(C)c3ncc(Cc4ccc(F)cc4F)cc32)n(C)n1.Cc1ncnn1C[C@H]1CN[C@H](C)CN1CC(=O)N1CC(C)(C)c2ncc(Cc3ccc(F)cc3)cc21. The van der Waals surface area contributed by atoms with Gasteiger partial charge >= 0.3 is 0 Å². The number of anilines is 4. The van der Waals surface area contributed by atoms with Gasteiger partial charge in [-0.05, 0) is 156 Å². The number of carbonyl (C=O) groups is 4. The van der Waals surface area contributed by atoms with Gasteiger partial charge in [0.1, 0.15) is 46.9 Å². The first kappa shape index (κ1) is 108. The molecule has 16 heterocycles. The summed E-state index contributed by atoms with van der Waals surface area (Å²) in [7, 11) is 5.87. The average Bonchev–Trinajstić information content (AvgIpc) is 1.61. The molecule has 3 aromatic carbocycles. The van der Waals surface area contributed by atoms with Crippen molar-refractivity contribution in [1.82, 2.24) is 105 Å². The van der Waals surface area contributed by atoms with Crippen molar-refractivity contribution in [2.45, 2.75) is 252 Å². The third-order valence-corrected chi connectivity index (χ3v) is 30.1. The van der Waals surface area contributed by atoms with Crippen LogP contribution in [0.25, 0.3) is 0 Å². The van der Waals surface area contributed by atoms with Gasteiger partial charge in [-0.2, -0.15) is 29.2 Å². The smallest absolute Gasteiger partial charge is 0.289 e. The molecule has 0 radical (unpaired) electrons. The molecule has 0 bridgehead atoms. The Labute approximate surface area is 858 Å². The van der Waals surface area contributed by atoms with Gasteiger partial charge < -0.3 is 40.9 Å². The van der Waals surface area contributed by atoms with Crippen LogP contribution in [0.3, 0.4) is 0 Å². The summed E-state index contributed by atoms with van der Waals surface area (Å²) in [6.45, 7) is 45.2. The molecule has 19 rings (SSSR count). The number of amides is 4. The van der Waals surface area contributed by atoms with E-state index in [1.54, 1.807) is 48.9 Å². The molecule has 0 aliphatic carbocycles. The molecule has 147 heavy (non-hydrogen) atoms. The number of aromatic nitrogens is 13. The lowest BCUT2D eigenvalue weighted by molar-refractivity contribution is -0.121. The molecule has 4 amide bonds. The number of hydrogen-bond acceptors (Lipinski definition) is 21. The lowest BCUT2D eigenvalue weighted by atomic mass is 9.88. The summed E-state index contributed by atoms with van der Waals surface area (Å²) in [6.07, 6.45) is 12.2. The monoisotopic (exact) mass is 2020 g/mol. The minimum absolute atomic E-state index is 0.0315. The average molecular weight is 2030 g/mol. The van der Waals surface area contributed by atoms with Crippen molar-refractivity contribution < 1.29 is 49.9 Å². The van der Waals surface area contributed by atoms with Crippen LogP contribution in [0.5, 0.6) is 0 Å². The highest BCUT2D eigenvalue weighted by Gasteiger charge is 2.47. The molecule has 36 heteroatoms. The van der Waals surface area contributed by atoms with Crippen molar-refractivity contribution in [2.75, 3.05) is 124 Å². The standard InChI is InChI=1S/2C29H36F2N6O.C27H34FN7O.C26H38F2N6O/c1-18-8-23(35(5)34-18)12-24-14-32-19(2)15-36(24)16-27(38)37-17-29(3,4)28-26(37)10-20(13-33-28)9-21-6-7-22(30)11-25(21)31;1-18-8-23(35(5)34-18)12-24-13-32-19(2)15-36(24)16-28(38)37-17-29(3,4)25-14-33-22(11-27(25)37)9-20-6-7-21(30)10-26(20)31;1-18-13-33(23(12-29-18)14-35-19(2)31-17-32-35)15-25(36)34-16-27(3,4)26-24(34)10-21(11-30-26)9-20-5-7-22(28)8-6-20;1-7-8-26(27,28)23-11-22-21(13-30-23)25(4,5)16-34(22)24(35)15-33-14-18(3)29-12-20(33)10-19-9-17(2)31-32(19)6/h6-8,10-11,13,19,24,32H,9,12,14-17H2,1-5H3;6-8,10-11,14,19,24,32H,9,12-13,15-17H2,1-5H3;5-8,10-11,17-18,23,29H,9,12-16H2,1-4H3;9,11,13,18,20,29H,7-8,10,12,14-16H2,1-6H3/t2*19-,24+;18-,23-;18-,20+/m1111/s1. The van der Waals surface area contributed by atoms with Crippen molar-refractivity contribution in [2.24, 2.45) is 21.1 Å². The summed E-state index contributed by atoms with van der Waals surface area (Å²) in [5.41, 5.74) is 15.9. The van der Waals surface area contributed by atoms with E-state index in [0.29, 0.717) is 93.7 Å². The Morgan fingerprint density at radius 3 is 1.18 bits per heavy atom. The minimum Gasteiger partial charge on any atom is -0.311 e. The van der Waals surface area contributed by atoms with Gasteiger partial charge in [-0.1, -0.05) is 93.0 Å². The zero-order valence-corrected chi connectivity index (χ0v) is 88.7. The molecule has 0 spiro atoms. The molecule has 4 N–H and O–H groups in total. The third-order valence-electron chi connectivity index (χ3n) is 30.1. The number of nitrogens with zero attached hydrogens (tertiary/aromatic N) is 21. The van der Waals surface area contributed by atoms with E-state index in [2.05, 4.69) is 170 Å². The highest BCUT2D eigenvalue weighted by molar-refractivity contribution is 6.00. The van der Waals surface area contributed by atoms with Crippen molar-refractivity contribution >= 4 is 46.4 Å². The van der Waals surface area contributed by atoms with Crippen LogP contribution in [0.2, 0.25) is 0 Å². The Morgan fingerprint density at radius 1 is 0.408 bits per heavy atom. The number of pyridine rings is 4. The number of nitrogens with one attached hydrogen (secondary N) is 4. The Morgan fingerprint density at radius 2 is 0.782 bits per heavy atom. The molecule has 8 aliphatic rings. The van der Waals surface area contributed by atoms with Crippen LogP contribution in [-0.2, 0) is 113 Å². The summed E-state index contributed by atoms with van der Waals surface area (Å²) in [4.78, 5) is 93.8. The lowest BCUT2D eigenvalue weighted by Crippen LogP contribution is -2.59. The number of alkyl halides is 2. The first-order valence-electron chi connectivity index (χ1n) is 51.5. The normalized spacial score (nSPS) is 21.5. The first-order valence-corrected chi connectivity index (χ1v) is 51.5. The fourth-order valence-corrected chi connectivity index (χ4v) is 22.2. The molecule has 8 aromatic heterocycles. The number of halogens is 7. The second-order valence-corrected chi connectivity index (χ2v) is 44.6. The van der Waals surface area contributed by atoms with Gasteiger partial charge in [0.2, 0.25) is 23.6 Å². The van der Waals surface area contributed by atoms with E-state index in [-0.39, 0.29) is 125 Å². The zero-order chi connectivity index (χ0) is 105. The Kier molecular flexibility index (Phi) is 32.6. The van der Waals surface area contributed by atoms with Gasteiger partial charge in [-0.25, -0.2) is 31.6 Å². The number of rotatable bonds is 25. The molecule has 4 saturated heterocycles. The summed E-state index contributed by atoms with van der Waals surface area (Å²) in [5.74, 6) is -4.67. The first-order chi connectivity index (χ1) is 69.6. The van der Waals surface area contributed by atoms with Gasteiger partial charge in [0.05, 0.1) is 83.9 Å². The fraction of sp³-hybridized carbons (Fsp3) is 0.523. The molecule has 8 atom stereocenters. The van der Waals surface area contributed by atoms with E-state index < -0.39 is 29.2 Å². The van der Waals surface area contributed by atoms with Crippen molar-refractivity contribution in [3.63, 3.8) is 0 Å². The quantitative estimate of drug-likeness (QED) is 0.0387. The largest absolute Gasteiger partial charge is 0.311 e. The van der Waals surface area contributed by atoms with Crippen LogP contribution in [0.15, 0.2) is 134 Å². The van der Waals surface area contributed by atoms with E-state index in [4.69, 9.17) is 9.97 Å². The van der Waals surface area contributed by atoms with Crippen molar-refractivity contribution in [3.05, 3.63) is 265 Å². The van der Waals surface area contributed by atoms with Crippen LogP contribution < -0.4 is 40.9 Å². The molecule has 0 unspecified atom stereocenters. The van der Waals surface area contributed by atoms with E-state index in [0.717, 1.165) is 180 Å². The fourth-order valence-electron chi connectivity index (χ4n) is 22.2. The third kappa shape index (κ3) is 25.3. The van der Waals surface area contributed by atoms with Crippen molar-refractivity contribution in [1.29, 1.82) is 0 Å². The highest BCUT2D eigenvalue weighted by atomic mass is 19.3. The number of benzene rings is 3. The summed E-state index contributed by atoms with van der Waals surface area (Å²) in [5, 5.41) is 32.0. The second kappa shape index (κ2) is 44.5. The van der Waals surface area contributed by atoms with Gasteiger partial charge in [-0.15, -0.1) is 0 Å². The Bertz CT molecular complexity index is 6370. The van der Waals surface area contributed by atoms with Crippen molar-refractivity contribution in [3.8, 4) is 0 Å². The molecular formula is C111H144F7N25O4. The van der Waals surface area contributed by atoms with E-state index >= 15 is 0 Å². The van der Waals surface area contributed by atoms with Gasteiger partial charge in [0, 0.05) is 279 Å². The molecule has 29 nitrogen and oxygen atoms in total. The molecule has 4 fully saturated rings. The second-order valence-electron chi connectivity index (χ2n) is 44.6. The minimum atomic E-state index is -3.01. The van der Waals surface area contributed by atoms with Crippen LogP contribution in [0.1, 0.15) is 205 Å². The van der Waals surface area contributed by atoms with Gasteiger partial charge in [-0.3, -0.25) is 72.8 Å². The Hall–Kier alpha value is -11.9. The molecule has 786 valence electrons. The zero-order valence-electron chi connectivity index (χ0n) is 88.7. The van der Waals surface area contributed by atoms with Gasteiger partial charge in [0.25, 0.3) is 5.92 Å². The highest BCUT2D eigenvalue weighted by Crippen LogP contribution is 2.47. The predicted molar refractivity (Wildman–Crippen MR) is 556 cm³/mol. The number of aryl methyl sites for hydroxylation is 7. The number of hydrogen-bond donors (Lipinski definition) is 4. The van der Waals surface area contributed by atoms with E-state index in [9.17, 15) is 49.9 Å². The van der Waals surface area contributed by atoms with Crippen LogP contribution in [0.4, 0.5) is 53.5 Å². The number of piperazine rings is 4. The number of carbonyl (C=O) groups excluding carboxylic acids is 4. The van der Waals surface area contributed by atoms with E-state index in [1.165, 1.54) is 42.5 Å². The topological polar surface area (TPSA) is 278 Å². The molecule has 0 saturated carbocycles. The van der Waals surface area contributed by atoms with Crippen LogP contribution in [-0.4, -0.2) is 260 Å². The van der Waals surface area contributed by atoms with Crippen LogP contribution in [0, 0.1) is 56.8 Å². The maximum absolute atomic E-state index is 14.7. The summed E-state index contributed by atoms with van der Waals surface area (Å²) in [6, 6.07) is 29.1. The molecule has 8 aliphatic heterocycles.